The Balaban J connectivity index is -0.0000000613. The van der Waals surface area contributed by atoms with Crippen LogP contribution in [0.25, 0.3) is 0 Å². The van der Waals surface area contributed by atoms with Crippen LogP contribution in [-0.4, -0.2) is 43.3 Å². The summed E-state index contributed by atoms with van der Waals surface area (Å²) < 4.78 is 0. The molecule has 0 aromatic carbocycles. The maximum Gasteiger partial charge on any atom is 4.00 e. The first-order valence-corrected chi connectivity index (χ1v) is 10.9. The van der Waals surface area contributed by atoms with Crippen molar-refractivity contribution in [2.24, 2.45) is 0 Å². The second kappa shape index (κ2) is 51.4. The standard InChI is InChI=1S/C6H10O3.4C4H9O.Ti/c1-2-3-5(7)4-6(8)9;4*1-2-3-4-5;/h2-4H2,1H3,(H,8,9);4*2-4H2,1H3;/q;4*-1;+4. The van der Waals surface area contributed by atoms with Crippen molar-refractivity contribution in [1.82, 2.24) is 0 Å². The summed E-state index contributed by atoms with van der Waals surface area (Å²) in [7, 11) is 0. The SMILES string of the molecule is CCCC(=O)CC(=O)O.CCCC[O-].CCCC[O-].CCCC[O-].CCCC[O-].[Ti+4]. The normalized spacial score (nSPS) is 8.30. The van der Waals surface area contributed by atoms with E-state index in [2.05, 4.69) is 0 Å². The third-order valence-electron chi connectivity index (χ3n) is 2.87. The molecule has 0 aliphatic carbocycles. The van der Waals surface area contributed by atoms with Gasteiger partial charge in [0.2, 0.25) is 0 Å². The molecule has 0 aliphatic rings. The van der Waals surface area contributed by atoms with Gasteiger partial charge in [0.05, 0.1) is 0 Å². The minimum absolute atomic E-state index is 0. The summed E-state index contributed by atoms with van der Waals surface area (Å²) in [5.74, 6) is -1.22. The average Bonchev–Trinajstić information content (AvgIpc) is 2.66. The van der Waals surface area contributed by atoms with Crippen LogP contribution in [0, 0.1) is 0 Å². The quantitative estimate of drug-likeness (QED) is 0.335. The summed E-state index contributed by atoms with van der Waals surface area (Å²) >= 11 is 0. The topological polar surface area (TPSA) is 147 Å². The van der Waals surface area contributed by atoms with E-state index in [9.17, 15) is 30.0 Å². The molecule has 180 valence electrons. The van der Waals surface area contributed by atoms with E-state index in [1.807, 2.05) is 34.6 Å². The first kappa shape index (κ1) is 43.5. The van der Waals surface area contributed by atoms with Crippen molar-refractivity contribution in [1.29, 1.82) is 0 Å². The molecular formula is C22H46O7Ti. The molecule has 0 aliphatic heterocycles. The summed E-state index contributed by atoms with van der Waals surface area (Å²) in [5, 5.41) is 46.2. The number of ketones is 1. The molecule has 7 nitrogen and oxygen atoms in total. The molecule has 8 heteroatoms. The van der Waals surface area contributed by atoms with Gasteiger partial charge in [-0.1, -0.05) is 86.0 Å². The first-order chi connectivity index (χ1) is 13.8. The van der Waals surface area contributed by atoms with E-state index >= 15 is 0 Å². The second-order valence-corrected chi connectivity index (χ2v) is 6.09. The Kier molecular flexibility index (Phi) is 74.6. The van der Waals surface area contributed by atoms with Crippen LogP contribution in [0.15, 0.2) is 0 Å². The molecule has 0 unspecified atom stereocenters. The largest absolute Gasteiger partial charge is 4.00 e. The fourth-order valence-corrected chi connectivity index (χ4v) is 1.11. The van der Waals surface area contributed by atoms with Crippen molar-refractivity contribution < 1.29 is 56.8 Å². The molecule has 0 saturated carbocycles. The maximum absolute atomic E-state index is 10.5. The molecule has 0 saturated heterocycles. The maximum atomic E-state index is 10.5. The van der Waals surface area contributed by atoms with E-state index in [4.69, 9.17) is 5.11 Å². The summed E-state index contributed by atoms with van der Waals surface area (Å²) in [6, 6.07) is 0. The van der Waals surface area contributed by atoms with Gasteiger partial charge in [-0.2, -0.15) is 0 Å². The zero-order valence-electron chi connectivity index (χ0n) is 20.0. The number of rotatable bonds is 12. The van der Waals surface area contributed by atoms with E-state index in [0.717, 1.165) is 57.8 Å². The number of hydrogen-bond donors (Lipinski definition) is 1. The summed E-state index contributed by atoms with van der Waals surface area (Å²) in [6.07, 6.45) is 8.24. The Hall–Kier alpha value is -0.306. The second-order valence-electron chi connectivity index (χ2n) is 6.09. The molecule has 0 aromatic heterocycles. The van der Waals surface area contributed by atoms with Crippen molar-refractivity contribution >= 4 is 11.8 Å². The van der Waals surface area contributed by atoms with Gasteiger partial charge in [-0.3, -0.25) is 9.59 Å². The van der Waals surface area contributed by atoms with Crippen LogP contribution < -0.4 is 20.4 Å². The molecule has 1 N–H and O–H groups in total. The molecule has 0 bridgehead atoms. The van der Waals surface area contributed by atoms with Crippen LogP contribution in [0.3, 0.4) is 0 Å². The van der Waals surface area contributed by atoms with Crippen LogP contribution in [0.5, 0.6) is 0 Å². The molecule has 0 fully saturated rings. The monoisotopic (exact) mass is 470 g/mol. The molecule has 0 heterocycles. The number of carbonyl (C=O) groups is 2. The number of Topliss-reactive ketones (excluding diaryl/α,β-unsaturated/α-hetero) is 1. The molecule has 0 amide bonds. The number of hydrogen-bond acceptors (Lipinski definition) is 6. The number of carbonyl (C=O) groups excluding carboxylic acids is 1. The summed E-state index contributed by atoms with van der Waals surface area (Å²) in [5.41, 5.74) is 0. The Morgan fingerprint density at radius 3 is 0.967 bits per heavy atom. The minimum Gasteiger partial charge on any atom is -0.854 e. The van der Waals surface area contributed by atoms with Gasteiger partial charge in [0, 0.05) is 6.42 Å². The Labute approximate surface area is 200 Å². The third kappa shape index (κ3) is 91.4. The van der Waals surface area contributed by atoms with Gasteiger partial charge in [0.25, 0.3) is 0 Å². The van der Waals surface area contributed by atoms with E-state index in [-0.39, 0.29) is 60.3 Å². The van der Waals surface area contributed by atoms with Crippen molar-refractivity contribution in [2.45, 2.75) is 105 Å². The van der Waals surface area contributed by atoms with Crippen molar-refractivity contribution in [2.75, 3.05) is 26.4 Å². The molecule has 0 atom stereocenters. The summed E-state index contributed by atoms with van der Waals surface area (Å²) in [4.78, 5) is 20.3. The molecule has 0 radical (unpaired) electrons. The van der Waals surface area contributed by atoms with Gasteiger partial charge in [0.1, 0.15) is 12.2 Å². The predicted molar refractivity (Wildman–Crippen MR) is 111 cm³/mol. The number of aliphatic carboxylic acids is 1. The van der Waals surface area contributed by atoms with Crippen LogP contribution in [0.4, 0.5) is 0 Å². The van der Waals surface area contributed by atoms with Crippen LogP contribution in [0.2, 0.25) is 0 Å². The van der Waals surface area contributed by atoms with E-state index in [0.29, 0.717) is 6.42 Å². The predicted octanol–water partition coefficient (Wildman–Crippen LogP) is 1.42. The molecular weight excluding hydrogens is 424 g/mol. The zero-order valence-corrected chi connectivity index (χ0v) is 21.6. The molecule has 0 rings (SSSR count). The van der Waals surface area contributed by atoms with E-state index < -0.39 is 5.97 Å². The van der Waals surface area contributed by atoms with Gasteiger partial charge in [0.15, 0.2) is 0 Å². The minimum atomic E-state index is -1.03. The van der Waals surface area contributed by atoms with Crippen LogP contribution >= 0.6 is 0 Å². The van der Waals surface area contributed by atoms with Crippen molar-refractivity contribution in [3.05, 3.63) is 0 Å². The van der Waals surface area contributed by atoms with Crippen molar-refractivity contribution in [3.8, 4) is 0 Å². The fourth-order valence-electron chi connectivity index (χ4n) is 1.11. The third-order valence-corrected chi connectivity index (χ3v) is 2.87. The molecule has 0 spiro atoms. The van der Waals surface area contributed by atoms with Crippen molar-refractivity contribution in [3.63, 3.8) is 0 Å². The van der Waals surface area contributed by atoms with Gasteiger partial charge in [-0.15, -0.1) is 26.4 Å². The summed E-state index contributed by atoms with van der Waals surface area (Å²) in [6.45, 7) is 10.3. The van der Waals surface area contributed by atoms with Crippen LogP contribution in [-0.2, 0) is 31.3 Å². The molecule has 30 heavy (non-hydrogen) atoms. The van der Waals surface area contributed by atoms with Gasteiger partial charge < -0.3 is 25.5 Å². The number of carboxylic acid groups (broad SMARTS) is 1. The Bertz CT molecular complexity index is 246. The average molecular weight is 470 g/mol. The zero-order chi connectivity index (χ0) is 23.8. The molecule has 0 aromatic rings. The van der Waals surface area contributed by atoms with Gasteiger partial charge >= 0.3 is 27.7 Å². The van der Waals surface area contributed by atoms with E-state index in [1.54, 1.807) is 0 Å². The smallest absolute Gasteiger partial charge is 0.854 e. The number of carboxylic acids is 1. The van der Waals surface area contributed by atoms with Gasteiger partial charge in [-0.25, -0.2) is 0 Å². The van der Waals surface area contributed by atoms with E-state index in [1.165, 1.54) is 0 Å². The Morgan fingerprint density at radius 2 is 0.867 bits per heavy atom. The van der Waals surface area contributed by atoms with Crippen LogP contribution in [0.1, 0.15) is 105 Å². The van der Waals surface area contributed by atoms with Gasteiger partial charge in [-0.05, 0) is 6.42 Å². The first-order valence-electron chi connectivity index (χ1n) is 10.9. The fraction of sp³-hybridized carbons (Fsp3) is 0.909. The number of unbranched alkanes of at least 4 members (excludes halogenated alkanes) is 4. The Morgan fingerprint density at radius 1 is 0.600 bits per heavy atom.